The Balaban J connectivity index is 1.74. The number of carbonyl (C=O) groups is 2. The molecular weight excluding hydrogens is 600 g/mol. The number of nitrogens with zero attached hydrogens (tertiary/aromatic N) is 2. The molecule has 3 fully saturated rings. The smallest absolute Gasteiger partial charge is 0.243 e. The molecule has 0 N–H and O–H groups in total. The van der Waals surface area contributed by atoms with Gasteiger partial charge in [0.15, 0.2) is 0 Å². The zero-order chi connectivity index (χ0) is 30.3. The SMILES string of the molecule is COC(C)(C)[C@@H]1CCCN1C1=C(Br)[C@]2(O[Si](C(C)C)(C(C)C)C(C)C)O[C@@]1(C)[C@@H]1C(=O)N(c3ccccc3)C(=O)[C@@H]12. The van der Waals surface area contributed by atoms with E-state index in [1.165, 1.54) is 4.90 Å². The number of rotatable bonds is 9. The van der Waals surface area contributed by atoms with Crippen LogP contribution >= 0.6 is 15.9 Å². The minimum absolute atomic E-state index is 0.0880. The first-order chi connectivity index (χ1) is 19.1. The van der Waals surface area contributed by atoms with Crippen LogP contribution in [0.15, 0.2) is 40.5 Å². The number of likely N-dealkylation sites (tertiary alicyclic amines) is 1. The van der Waals surface area contributed by atoms with Crippen molar-refractivity contribution in [1.82, 2.24) is 4.90 Å². The van der Waals surface area contributed by atoms with Crippen LogP contribution in [0.2, 0.25) is 16.6 Å². The normalized spacial score (nSPS) is 32.1. The molecule has 7 nitrogen and oxygen atoms in total. The minimum atomic E-state index is -2.59. The Morgan fingerprint density at radius 2 is 1.56 bits per heavy atom. The van der Waals surface area contributed by atoms with Crippen molar-refractivity contribution in [2.75, 3.05) is 18.6 Å². The van der Waals surface area contributed by atoms with Gasteiger partial charge in [-0.1, -0.05) is 59.7 Å². The molecule has 2 bridgehead atoms. The first kappa shape index (κ1) is 30.9. The number of methoxy groups -OCH3 is 1. The first-order valence-electron chi connectivity index (χ1n) is 15.2. The van der Waals surface area contributed by atoms with Crippen molar-refractivity contribution in [3.63, 3.8) is 0 Å². The number of ether oxygens (including phenoxy) is 2. The van der Waals surface area contributed by atoms with E-state index in [0.29, 0.717) is 5.69 Å². The molecule has 0 unspecified atom stereocenters. The standard InChI is InChI=1S/C32H47BrN2O5Si/c1-19(2)41(20(3)4,21(5)6)40-32-25-24(28(36)35(29(25)37)22-15-12-11-13-16-22)31(9,39-32)27(26(32)33)34-18-14-17-23(34)30(7,8)38-10/h11-13,15-16,19-21,23-25H,14,17-18H2,1-10H3/t23-,24-,25+,31-,32-/m0/s1. The third-order valence-corrected chi connectivity index (χ3v) is 17.6. The molecule has 2 amide bonds. The molecule has 1 aromatic carbocycles. The van der Waals surface area contributed by atoms with Gasteiger partial charge in [0, 0.05) is 13.7 Å². The molecule has 0 spiro atoms. The number of imide groups is 1. The van der Waals surface area contributed by atoms with Crippen molar-refractivity contribution in [1.29, 1.82) is 0 Å². The maximum atomic E-state index is 14.5. The van der Waals surface area contributed by atoms with Gasteiger partial charge in [0.2, 0.25) is 25.9 Å². The summed E-state index contributed by atoms with van der Waals surface area (Å²) in [4.78, 5) is 32.6. The van der Waals surface area contributed by atoms with Crippen molar-refractivity contribution in [2.24, 2.45) is 11.8 Å². The Hall–Kier alpha value is -1.52. The van der Waals surface area contributed by atoms with Crippen LogP contribution in [-0.4, -0.2) is 61.7 Å². The van der Waals surface area contributed by atoms with Crippen molar-refractivity contribution >= 4 is 41.7 Å². The average molecular weight is 648 g/mol. The summed E-state index contributed by atoms with van der Waals surface area (Å²) in [6, 6.07) is 9.35. The molecule has 4 aliphatic rings. The molecule has 9 heteroatoms. The van der Waals surface area contributed by atoms with Gasteiger partial charge in [0.1, 0.15) is 11.5 Å². The van der Waals surface area contributed by atoms with E-state index in [-0.39, 0.29) is 34.5 Å². The number of para-hydroxylation sites is 1. The van der Waals surface area contributed by atoms with E-state index < -0.39 is 37.1 Å². The second-order valence-corrected chi connectivity index (χ2v) is 20.1. The molecule has 0 aliphatic carbocycles. The van der Waals surface area contributed by atoms with E-state index in [9.17, 15) is 9.59 Å². The number of hydrogen-bond donors (Lipinski definition) is 0. The molecule has 41 heavy (non-hydrogen) atoms. The van der Waals surface area contributed by atoms with E-state index in [1.807, 2.05) is 37.3 Å². The fourth-order valence-electron chi connectivity index (χ4n) is 8.69. The summed E-state index contributed by atoms with van der Waals surface area (Å²) >= 11 is 4.03. The molecule has 4 heterocycles. The molecule has 226 valence electrons. The topological polar surface area (TPSA) is 68.3 Å². The van der Waals surface area contributed by atoms with E-state index in [1.54, 1.807) is 7.11 Å². The summed E-state index contributed by atoms with van der Waals surface area (Å²) < 4.78 is 21.4. The molecule has 0 aromatic heterocycles. The molecule has 1 aromatic rings. The fraction of sp³-hybridized carbons (Fsp3) is 0.688. The molecule has 3 saturated heterocycles. The van der Waals surface area contributed by atoms with E-state index in [0.717, 1.165) is 29.6 Å². The van der Waals surface area contributed by atoms with Crippen molar-refractivity contribution in [3.8, 4) is 0 Å². The molecule has 0 radical (unpaired) electrons. The van der Waals surface area contributed by atoms with Gasteiger partial charge in [-0.3, -0.25) is 9.59 Å². The van der Waals surface area contributed by atoms with Gasteiger partial charge in [-0.2, -0.15) is 0 Å². The van der Waals surface area contributed by atoms with Gasteiger partial charge in [-0.25, -0.2) is 4.90 Å². The average Bonchev–Trinajstić information content (AvgIpc) is 3.61. The lowest BCUT2D eigenvalue weighted by atomic mass is 9.73. The number of halogens is 1. The van der Waals surface area contributed by atoms with Crippen LogP contribution in [0.4, 0.5) is 5.69 Å². The lowest BCUT2D eigenvalue weighted by Crippen LogP contribution is -2.58. The number of anilines is 1. The summed E-state index contributed by atoms with van der Waals surface area (Å²) in [5.74, 6) is -3.32. The molecule has 5 atom stereocenters. The number of fused-ring (bicyclic) bond motifs is 5. The minimum Gasteiger partial charge on any atom is -0.385 e. The van der Waals surface area contributed by atoms with E-state index >= 15 is 0 Å². The van der Waals surface area contributed by atoms with Crippen LogP contribution in [0.5, 0.6) is 0 Å². The lowest BCUT2D eigenvalue weighted by molar-refractivity contribution is -0.176. The van der Waals surface area contributed by atoms with E-state index in [2.05, 4.69) is 76.2 Å². The lowest BCUT2D eigenvalue weighted by Gasteiger charge is -2.48. The van der Waals surface area contributed by atoms with Crippen LogP contribution in [0.1, 0.15) is 75.2 Å². The Bertz CT molecular complexity index is 1230. The van der Waals surface area contributed by atoms with Crippen molar-refractivity contribution in [2.45, 2.75) is 115 Å². The maximum absolute atomic E-state index is 14.5. The van der Waals surface area contributed by atoms with E-state index in [4.69, 9.17) is 13.9 Å². The predicted octanol–water partition coefficient (Wildman–Crippen LogP) is 6.98. The second kappa shape index (κ2) is 10.3. The largest absolute Gasteiger partial charge is 0.385 e. The van der Waals surface area contributed by atoms with Gasteiger partial charge in [0.25, 0.3) is 0 Å². The van der Waals surface area contributed by atoms with Crippen LogP contribution in [-0.2, 0) is 23.5 Å². The first-order valence-corrected chi connectivity index (χ1v) is 18.1. The Morgan fingerprint density at radius 3 is 2.10 bits per heavy atom. The quantitative estimate of drug-likeness (QED) is 0.213. The molecule has 0 saturated carbocycles. The Morgan fingerprint density at radius 1 is 1.00 bits per heavy atom. The maximum Gasteiger partial charge on any atom is 0.243 e. The number of hydrogen-bond acceptors (Lipinski definition) is 6. The monoisotopic (exact) mass is 646 g/mol. The van der Waals surface area contributed by atoms with Gasteiger partial charge in [-0.05, 0) is 78.3 Å². The highest BCUT2D eigenvalue weighted by molar-refractivity contribution is 9.11. The third kappa shape index (κ3) is 4.12. The summed E-state index contributed by atoms with van der Waals surface area (Å²) in [5.41, 5.74) is 0.852. The number of benzene rings is 1. The summed E-state index contributed by atoms with van der Waals surface area (Å²) in [6.45, 7) is 20.5. The summed E-state index contributed by atoms with van der Waals surface area (Å²) in [5, 5.41) is 0. The van der Waals surface area contributed by atoms with Crippen LogP contribution in [0.25, 0.3) is 0 Å². The highest BCUT2D eigenvalue weighted by Crippen LogP contribution is 2.68. The summed E-state index contributed by atoms with van der Waals surface area (Å²) in [7, 11) is -0.837. The van der Waals surface area contributed by atoms with Crippen LogP contribution in [0, 0.1) is 11.8 Å². The molecule has 5 rings (SSSR count). The van der Waals surface area contributed by atoms with Crippen LogP contribution < -0.4 is 4.90 Å². The van der Waals surface area contributed by atoms with Gasteiger partial charge in [-0.15, -0.1) is 0 Å². The highest BCUT2D eigenvalue weighted by atomic mass is 79.9. The Labute approximate surface area is 255 Å². The third-order valence-electron chi connectivity index (χ3n) is 10.6. The number of carbonyl (C=O) groups excluding carboxylic acids is 2. The fourth-order valence-corrected chi connectivity index (χ4v) is 15.4. The molecular formula is C32H47BrN2O5Si. The highest BCUT2D eigenvalue weighted by Gasteiger charge is 2.80. The summed E-state index contributed by atoms with van der Waals surface area (Å²) in [6.07, 6.45) is 1.97. The van der Waals surface area contributed by atoms with Crippen molar-refractivity contribution < 1.29 is 23.5 Å². The Kier molecular flexibility index (Phi) is 7.76. The zero-order valence-electron chi connectivity index (χ0n) is 26.3. The second-order valence-electron chi connectivity index (χ2n) is 13.9. The molecule has 4 aliphatic heterocycles. The van der Waals surface area contributed by atoms with Gasteiger partial charge < -0.3 is 18.8 Å². The van der Waals surface area contributed by atoms with Crippen molar-refractivity contribution in [3.05, 3.63) is 40.5 Å². The van der Waals surface area contributed by atoms with Crippen LogP contribution in [0.3, 0.4) is 0 Å². The van der Waals surface area contributed by atoms with Gasteiger partial charge in [0.05, 0.1) is 33.4 Å². The zero-order valence-corrected chi connectivity index (χ0v) is 28.9. The number of amides is 2. The van der Waals surface area contributed by atoms with Gasteiger partial charge >= 0.3 is 0 Å². The predicted molar refractivity (Wildman–Crippen MR) is 167 cm³/mol.